The second-order valence-corrected chi connectivity index (χ2v) is 4.45. The normalized spacial score (nSPS) is 21.1. The summed E-state index contributed by atoms with van der Waals surface area (Å²) in [6.07, 6.45) is 1.63. The summed E-state index contributed by atoms with van der Waals surface area (Å²) in [5.74, 6) is 1.65. The summed E-state index contributed by atoms with van der Waals surface area (Å²) in [5, 5.41) is 22.1. The van der Waals surface area contributed by atoms with Crippen LogP contribution in [0.2, 0.25) is 0 Å². The SMILES string of the molecule is Cc1nnc2ccc(N3CCCC(O)C3)nn12. The molecular weight excluding hydrogens is 218 g/mol. The molecule has 0 aromatic carbocycles. The maximum Gasteiger partial charge on any atom is 0.178 e. The fourth-order valence-corrected chi connectivity index (χ4v) is 2.22. The number of aliphatic hydroxyl groups is 1. The summed E-state index contributed by atoms with van der Waals surface area (Å²) in [5.41, 5.74) is 0.754. The molecule has 0 saturated carbocycles. The van der Waals surface area contributed by atoms with Crippen LogP contribution in [0.3, 0.4) is 0 Å². The maximum atomic E-state index is 9.67. The van der Waals surface area contributed by atoms with Crippen LogP contribution in [0.25, 0.3) is 5.65 Å². The summed E-state index contributed by atoms with van der Waals surface area (Å²) in [4.78, 5) is 2.10. The molecule has 1 N–H and O–H groups in total. The Kier molecular flexibility index (Phi) is 2.44. The molecule has 6 nitrogen and oxygen atoms in total. The van der Waals surface area contributed by atoms with E-state index in [2.05, 4.69) is 20.2 Å². The van der Waals surface area contributed by atoms with Crippen molar-refractivity contribution in [2.45, 2.75) is 25.9 Å². The average molecular weight is 233 g/mol. The molecule has 1 atom stereocenters. The van der Waals surface area contributed by atoms with Crippen LogP contribution in [-0.2, 0) is 0 Å². The van der Waals surface area contributed by atoms with Gasteiger partial charge >= 0.3 is 0 Å². The summed E-state index contributed by atoms with van der Waals surface area (Å²) in [6, 6.07) is 3.84. The van der Waals surface area contributed by atoms with Gasteiger partial charge < -0.3 is 10.0 Å². The third-order valence-electron chi connectivity index (χ3n) is 3.13. The average Bonchev–Trinajstić information content (AvgIpc) is 2.71. The Morgan fingerprint density at radius 1 is 1.35 bits per heavy atom. The Labute approximate surface area is 98.9 Å². The van der Waals surface area contributed by atoms with Crippen molar-refractivity contribution in [3.05, 3.63) is 18.0 Å². The number of rotatable bonds is 1. The van der Waals surface area contributed by atoms with E-state index in [1.807, 2.05) is 19.1 Å². The second kappa shape index (κ2) is 3.96. The van der Waals surface area contributed by atoms with Crippen molar-refractivity contribution >= 4 is 11.5 Å². The molecule has 3 heterocycles. The van der Waals surface area contributed by atoms with Crippen LogP contribution in [0, 0.1) is 6.92 Å². The van der Waals surface area contributed by atoms with Gasteiger partial charge in [-0.25, -0.2) is 0 Å². The van der Waals surface area contributed by atoms with E-state index in [1.54, 1.807) is 4.52 Å². The molecule has 1 saturated heterocycles. The minimum Gasteiger partial charge on any atom is -0.391 e. The first-order chi connectivity index (χ1) is 8.24. The molecule has 0 bridgehead atoms. The number of anilines is 1. The van der Waals surface area contributed by atoms with Gasteiger partial charge in [0.2, 0.25) is 0 Å². The lowest BCUT2D eigenvalue weighted by molar-refractivity contribution is 0.153. The first-order valence-corrected chi connectivity index (χ1v) is 5.86. The van der Waals surface area contributed by atoms with E-state index in [4.69, 9.17) is 0 Å². The Morgan fingerprint density at radius 2 is 2.24 bits per heavy atom. The minimum atomic E-state index is -0.247. The lowest BCUT2D eigenvalue weighted by Crippen LogP contribution is -2.38. The van der Waals surface area contributed by atoms with Gasteiger partial charge in [0, 0.05) is 13.1 Å². The zero-order valence-corrected chi connectivity index (χ0v) is 9.74. The number of hydrogen-bond acceptors (Lipinski definition) is 5. The maximum absolute atomic E-state index is 9.67. The van der Waals surface area contributed by atoms with Crippen LogP contribution >= 0.6 is 0 Å². The van der Waals surface area contributed by atoms with E-state index in [0.717, 1.165) is 36.7 Å². The topological polar surface area (TPSA) is 66.5 Å². The van der Waals surface area contributed by atoms with Crippen LogP contribution in [0.4, 0.5) is 5.82 Å². The molecule has 1 aliphatic rings. The van der Waals surface area contributed by atoms with Gasteiger partial charge in [0.15, 0.2) is 11.5 Å². The van der Waals surface area contributed by atoms with Crippen LogP contribution < -0.4 is 4.90 Å². The number of nitrogens with zero attached hydrogens (tertiary/aromatic N) is 5. The number of β-amino-alcohol motifs (C(OH)–C–C–N with tert-alkyl or cyclic N) is 1. The molecule has 2 aromatic rings. The Balaban J connectivity index is 1.96. The van der Waals surface area contributed by atoms with Crippen molar-refractivity contribution in [2.24, 2.45) is 0 Å². The van der Waals surface area contributed by atoms with Gasteiger partial charge in [0.1, 0.15) is 5.82 Å². The Hall–Kier alpha value is -1.69. The van der Waals surface area contributed by atoms with Gasteiger partial charge in [-0.2, -0.15) is 4.52 Å². The molecule has 0 amide bonds. The zero-order valence-electron chi connectivity index (χ0n) is 9.74. The highest BCUT2D eigenvalue weighted by atomic mass is 16.3. The van der Waals surface area contributed by atoms with Crippen molar-refractivity contribution < 1.29 is 5.11 Å². The highest BCUT2D eigenvalue weighted by Crippen LogP contribution is 2.18. The van der Waals surface area contributed by atoms with Crippen molar-refractivity contribution in [2.75, 3.05) is 18.0 Å². The zero-order chi connectivity index (χ0) is 11.8. The number of piperidine rings is 1. The third kappa shape index (κ3) is 1.84. The summed E-state index contributed by atoms with van der Waals surface area (Å²) in [6.45, 7) is 3.47. The quantitative estimate of drug-likeness (QED) is 0.772. The van der Waals surface area contributed by atoms with Gasteiger partial charge in [-0.05, 0) is 31.9 Å². The van der Waals surface area contributed by atoms with Crippen molar-refractivity contribution in [3.63, 3.8) is 0 Å². The van der Waals surface area contributed by atoms with E-state index < -0.39 is 0 Å². The number of aryl methyl sites for hydroxylation is 1. The third-order valence-corrected chi connectivity index (χ3v) is 3.13. The van der Waals surface area contributed by atoms with E-state index in [1.165, 1.54) is 0 Å². The molecule has 0 spiro atoms. The van der Waals surface area contributed by atoms with Crippen LogP contribution in [0.5, 0.6) is 0 Å². The molecule has 2 aromatic heterocycles. The first-order valence-electron chi connectivity index (χ1n) is 5.86. The van der Waals surface area contributed by atoms with Crippen molar-refractivity contribution in [3.8, 4) is 0 Å². The van der Waals surface area contributed by atoms with Gasteiger partial charge in [-0.15, -0.1) is 15.3 Å². The van der Waals surface area contributed by atoms with Gasteiger partial charge in [-0.1, -0.05) is 0 Å². The molecule has 0 aliphatic carbocycles. The number of fused-ring (bicyclic) bond motifs is 1. The van der Waals surface area contributed by atoms with Gasteiger partial charge in [-0.3, -0.25) is 0 Å². The molecule has 90 valence electrons. The minimum absolute atomic E-state index is 0.247. The predicted molar refractivity (Wildman–Crippen MR) is 63.0 cm³/mol. The molecule has 1 unspecified atom stereocenters. The second-order valence-electron chi connectivity index (χ2n) is 4.45. The summed E-state index contributed by atoms with van der Waals surface area (Å²) >= 11 is 0. The van der Waals surface area contributed by atoms with Crippen molar-refractivity contribution in [1.82, 2.24) is 19.8 Å². The lowest BCUT2D eigenvalue weighted by Gasteiger charge is -2.30. The predicted octanol–water partition coefficient (Wildman–Crippen LogP) is 0.394. The first kappa shape index (κ1) is 10.5. The Morgan fingerprint density at radius 3 is 3.06 bits per heavy atom. The van der Waals surface area contributed by atoms with Gasteiger partial charge in [0.05, 0.1) is 6.10 Å². The smallest absolute Gasteiger partial charge is 0.178 e. The molecular formula is C11H15N5O. The highest BCUT2D eigenvalue weighted by Gasteiger charge is 2.19. The van der Waals surface area contributed by atoms with E-state index >= 15 is 0 Å². The molecule has 6 heteroatoms. The summed E-state index contributed by atoms with van der Waals surface area (Å²) in [7, 11) is 0. The number of aliphatic hydroxyl groups excluding tert-OH is 1. The molecule has 1 aliphatic heterocycles. The standard InChI is InChI=1S/C11H15N5O/c1-8-12-13-10-4-5-11(14-16(8)10)15-6-2-3-9(17)7-15/h4-5,9,17H,2-3,6-7H2,1H3. The highest BCUT2D eigenvalue weighted by molar-refractivity contribution is 5.46. The van der Waals surface area contributed by atoms with Crippen molar-refractivity contribution in [1.29, 1.82) is 0 Å². The number of hydrogen-bond donors (Lipinski definition) is 1. The Bertz CT molecular complexity index is 538. The van der Waals surface area contributed by atoms with Crippen LogP contribution in [-0.4, -0.2) is 44.1 Å². The van der Waals surface area contributed by atoms with E-state index in [-0.39, 0.29) is 6.10 Å². The van der Waals surface area contributed by atoms with Crippen LogP contribution in [0.1, 0.15) is 18.7 Å². The van der Waals surface area contributed by atoms with Gasteiger partial charge in [0.25, 0.3) is 0 Å². The molecule has 0 radical (unpaired) electrons. The summed E-state index contributed by atoms with van der Waals surface area (Å²) < 4.78 is 1.73. The largest absolute Gasteiger partial charge is 0.391 e. The fourth-order valence-electron chi connectivity index (χ4n) is 2.22. The van der Waals surface area contributed by atoms with E-state index in [9.17, 15) is 5.11 Å². The van der Waals surface area contributed by atoms with Crippen LogP contribution in [0.15, 0.2) is 12.1 Å². The monoisotopic (exact) mass is 233 g/mol. The molecule has 17 heavy (non-hydrogen) atoms. The molecule has 1 fully saturated rings. The lowest BCUT2D eigenvalue weighted by atomic mass is 10.1. The number of aromatic nitrogens is 4. The molecule has 3 rings (SSSR count). The fraction of sp³-hybridized carbons (Fsp3) is 0.545. The van der Waals surface area contributed by atoms with E-state index in [0.29, 0.717) is 6.54 Å².